The van der Waals surface area contributed by atoms with Crippen LogP contribution in [-0.4, -0.2) is 37.0 Å². The van der Waals surface area contributed by atoms with Crippen LogP contribution < -0.4 is 5.32 Å². The zero-order chi connectivity index (χ0) is 11.9. The molecule has 2 atom stereocenters. The molecule has 3 nitrogen and oxygen atoms in total. The summed E-state index contributed by atoms with van der Waals surface area (Å²) in [6, 6.07) is 0.516. The van der Waals surface area contributed by atoms with Crippen LogP contribution in [0.4, 0.5) is 0 Å². The summed E-state index contributed by atoms with van der Waals surface area (Å²) >= 11 is 0. The number of aliphatic hydroxyl groups is 1. The monoisotopic (exact) mass is 241 g/mol. The van der Waals surface area contributed by atoms with Crippen LogP contribution in [0.25, 0.3) is 0 Å². The lowest BCUT2D eigenvalue weighted by Gasteiger charge is -2.24. The van der Waals surface area contributed by atoms with Crippen molar-refractivity contribution < 1.29 is 9.84 Å². The summed E-state index contributed by atoms with van der Waals surface area (Å²) in [6.45, 7) is 2.41. The van der Waals surface area contributed by atoms with Crippen LogP contribution in [0.5, 0.6) is 0 Å². The van der Waals surface area contributed by atoms with Gasteiger partial charge in [-0.15, -0.1) is 0 Å². The van der Waals surface area contributed by atoms with E-state index in [0.29, 0.717) is 12.6 Å². The summed E-state index contributed by atoms with van der Waals surface area (Å²) < 4.78 is 5.63. The van der Waals surface area contributed by atoms with E-state index in [1.807, 2.05) is 0 Å². The van der Waals surface area contributed by atoms with Gasteiger partial charge in [0.15, 0.2) is 0 Å². The van der Waals surface area contributed by atoms with Crippen molar-refractivity contribution in [3.63, 3.8) is 0 Å². The molecule has 1 aliphatic heterocycles. The third kappa shape index (κ3) is 4.94. The summed E-state index contributed by atoms with van der Waals surface area (Å²) in [5, 5.41) is 13.4. The highest BCUT2D eigenvalue weighted by molar-refractivity contribution is 4.73. The van der Waals surface area contributed by atoms with Crippen molar-refractivity contribution in [2.75, 3.05) is 19.8 Å². The standard InChI is InChI=1S/C14H27NO2/c16-14(9-12-5-1-2-6-12)11-17-10-13-7-3-4-8-15-13/h12-16H,1-11H2. The summed E-state index contributed by atoms with van der Waals surface area (Å²) in [6.07, 6.45) is 9.84. The van der Waals surface area contributed by atoms with E-state index in [0.717, 1.165) is 25.5 Å². The Morgan fingerprint density at radius 3 is 2.59 bits per heavy atom. The molecule has 0 bridgehead atoms. The number of aliphatic hydroxyl groups excluding tert-OH is 1. The van der Waals surface area contributed by atoms with Gasteiger partial charge in [-0.05, 0) is 31.7 Å². The van der Waals surface area contributed by atoms with E-state index >= 15 is 0 Å². The van der Waals surface area contributed by atoms with Gasteiger partial charge in [0.2, 0.25) is 0 Å². The predicted molar refractivity (Wildman–Crippen MR) is 69.0 cm³/mol. The van der Waals surface area contributed by atoms with Gasteiger partial charge < -0.3 is 15.2 Å². The fourth-order valence-electron chi connectivity index (χ4n) is 3.11. The molecule has 1 saturated heterocycles. The van der Waals surface area contributed by atoms with Crippen LogP contribution >= 0.6 is 0 Å². The quantitative estimate of drug-likeness (QED) is 0.748. The number of nitrogens with one attached hydrogen (secondary N) is 1. The Balaban J connectivity index is 1.51. The molecule has 3 heteroatoms. The molecule has 0 spiro atoms. The second kappa shape index (κ2) is 7.34. The number of rotatable bonds is 6. The lowest BCUT2D eigenvalue weighted by Crippen LogP contribution is -2.38. The van der Waals surface area contributed by atoms with Crippen LogP contribution in [0.2, 0.25) is 0 Å². The highest BCUT2D eigenvalue weighted by Gasteiger charge is 2.19. The Morgan fingerprint density at radius 2 is 1.88 bits per heavy atom. The number of piperidine rings is 1. The highest BCUT2D eigenvalue weighted by Crippen LogP contribution is 2.28. The van der Waals surface area contributed by atoms with E-state index < -0.39 is 0 Å². The highest BCUT2D eigenvalue weighted by atomic mass is 16.5. The Morgan fingerprint density at radius 1 is 1.12 bits per heavy atom. The van der Waals surface area contributed by atoms with Gasteiger partial charge in [-0.25, -0.2) is 0 Å². The lowest BCUT2D eigenvalue weighted by molar-refractivity contribution is 0.0139. The van der Waals surface area contributed by atoms with Crippen molar-refractivity contribution in [1.82, 2.24) is 5.32 Å². The minimum Gasteiger partial charge on any atom is -0.391 e. The molecular formula is C14H27NO2. The average Bonchev–Trinajstić information content (AvgIpc) is 2.83. The topological polar surface area (TPSA) is 41.5 Å². The first-order chi connectivity index (χ1) is 8.34. The first-order valence-corrected chi connectivity index (χ1v) is 7.34. The molecular weight excluding hydrogens is 214 g/mol. The molecule has 1 aliphatic carbocycles. The number of hydrogen-bond acceptors (Lipinski definition) is 3. The maximum absolute atomic E-state index is 9.89. The van der Waals surface area contributed by atoms with Crippen molar-refractivity contribution in [2.45, 2.75) is 63.5 Å². The van der Waals surface area contributed by atoms with Crippen LogP contribution in [0, 0.1) is 5.92 Å². The third-order valence-electron chi connectivity index (χ3n) is 4.12. The molecule has 2 unspecified atom stereocenters. The van der Waals surface area contributed by atoms with Gasteiger partial charge in [0.25, 0.3) is 0 Å². The average molecular weight is 241 g/mol. The summed E-state index contributed by atoms with van der Waals surface area (Å²) in [5.41, 5.74) is 0. The Kier molecular flexibility index (Phi) is 5.75. The van der Waals surface area contributed by atoms with Crippen molar-refractivity contribution in [2.24, 2.45) is 5.92 Å². The lowest BCUT2D eigenvalue weighted by atomic mass is 10.0. The van der Waals surface area contributed by atoms with Gasteiger partial charge in [0.05, 0.1) is 19.3 Å². The molecule has 100 valence electrons. The fraction of sp³-hybridized carbons (Fsp3) is 1.00. The van der Waals surface area contributed by atoms with Gasteiger partial charge in [-0.2, -0.15) is 0 Å². The smallest absolute Gasteiger partial charge is 0.0776 e. The predicted octanol–water partition coefficient (Wildman–Crippen LogP) is 2.09. The molecule has 0 aromatic carbocycles. The maximum Gasteiger partial charge on any atom is 0.0776 e. The Labute approximate surface area is 105 Å². The van der Waals surface area contributed by atoms with Crippen molar-refractivity contribution >= 4 is 0 Å². The van der Waals surface area contributed by atoms with Gasteiger partial charge in [-0.3, -0.25) is 0 Å². The fourth-order valence-corrected chi connectivity index (χ4v) is 3.11. The molecule has 0 aromatic heterocycles. The first-order valence-electron chi connectivity index (χ1n) is 7.34. The van der Waals surface area contributed by atoms with Crippen molar-refractivity contribution in [3.8, 4) is 0 Å². The van der Waals surface area contributed by atoms with E-state index in [1.54, 1.807) is 0 Å². The summed E-state index contributed by atoms with van der Waals surface area (Å²) in [5.74, 6) is 0.751. The van der Waals surface area contributed by atoms with Crippen molar-refractivity contribution in [1.29, 1.82) is 0 Å². The van der Waals surface area contributed by atoms with E-state index in [9.17, 15) is 5.11 Å². The van der Waals surface area contributed by atoms with Gasteiger partial charge in [0.1, 0.15) is 0 Å². The minimum atomic E-state index is -0.248. The maximum atomic E-state index is 9.89. The van der Waals surface area contributed by atoms with E-state index in [-0.39, 0.29) is 6.10 Å². The minimum absolute atomic E-state index is 0.248. The van der Waals surface area contributed by atoms with Crippen LogP contribution in [0.15, 0.2) is 0 Å². The Hall–Kier alpha value is -0.120. The zero-order valence-electron chi connectivity index (χ0n) is 10.9. The normalized spacial score (nSPS) is 28.4. The molecule has 0 aromatic rings. The molecule has 2 rings (SSSR count). The van der Waals surface area contributed by atoms with Gasteiger partial charge >= 0.3 is 0 Å². The van der Waals surface area contributed by atoms with Crippen LogP contribution in [0.1, 0.15) is 51.4 Å². The first kappa shape index (κ1) is 13.3. The van der Waals surface area contributed by atoms with Gasteiger partial charge in [0, 0.05) is 6.04 Å². The Bertz CT molecular complexity index is 198. The molecule has 2 N–H and O–H groups in total. The number of hydrogen-bond donors (Lipinski definition) is 2. The molecule has 2 fully saturated rings. The second-order valence-corrected chi connectivity index (χ2v) is 5.72. The molecule has 1 saturated carbocycles. The van der Waals surface area contributed by atoms with E-state index in [2.05, 4.69) is 5.32 Å². The van der Waals surface area contributed by atoms with E-state index in [1.165, 1.54) is 44.9 Å². The zero-order valence-corrected chi connectivity index (χ0v) is 10.9. The van der Waals surface area contributed by atoms with Gasteiger partial charge in [-0.1, -0.05) is 32.1 Å². The molecule has 0 amide bonds. The molecule has 1 heterocycles. The molecule has 0 radical (unpaired) electrons. The number of ether oxygens (including phenoxy) is 1. The molecule has 2 aliphatic rings. The van der Waals surface area contributed by atoms with Crippen LogP contribution in [-0.2, 0) is 4.74 Å². The molecule has 17 heavy (non-hydrogen) atoms. The third-order valence-corrected chi connectivity index (χ3v) is 4.12. The van der Waals surface area contributed by atoms with Crippen molar-refractivity contribution in [3.05, 3.63) is 0 Å². The van der Waals surface area contributed by atoms with Crippen LogP contribution in [0.3, 0.4) is 0 Å². The second-order valence-electron chi connectivity index (χ2n) is 5.72. The van der Waals surface area contributed by atoms with E-state index in [4.69, 9.17) is 4.74 Å². The SMILES string of the molecule is OC(COCC1CCCCN1)CC1CCCC1. The summed E-state index contributed by atoms with van der Waals surface area (Å²) in [7, 11) is 0. The summed E-state index contributed by atoms with van der Waals surface area (Å²) in [4.78, 5) is 0. The largest absolute Gasteiger partial charge is 0.391 e.